The maximum atomic E-state index is 13.0. The van der Waals surface area contributed by atoms with E-state index in [2.05, 4.69) is 0 Å². The molecule has 0 N–H and O–H groups in total. The SMILES string of the molecule is CC#N.Cc1ccc(C)c(F)c1C. The Morgan fingerprint density at radius 3 is 1.92 bits per heavy atom. The van der Waals surface area contributed by atoms with Crippen molar-refractivity contribution in [2.24, 2.45) is 0 Å². The fourth-order valence-electron chi connectivity index (χ4n) is 0.917. The molecule has 0 atom stereocenters. The number of nitrogens with zero attached hydrogens (tertiary/aromatic N) is 1. The molecule has 0 aliphatic rings. The van der Waals surface area contributed by atoms with Gasteiger partial charge in [-0.2, -0.15) is 5.26 Å². The summed E-state index contributed by atoms with van der Waals surface area (Å²) in [7, 11) is 0. The van der Waals surface area contributed by atoms with E-state index in [1.165, 1.54) is 6.92 Å². The minimum atomic E-state index is -0.0694. The van der Waals surface area contributed by atoms with Gasteiger partial charge in [-0.05, 0) is 37.5 Å². The van der Waals surface area contributed by atoms with Crippen molar-refractivity contribution in [3.05, 3.63) is 34.6 Å². The zero-order chi connectivity index (χ0) is 10.4. The topological polar surface area (TPSA) is 23.8 Å². The van der Waals surface area contributed by atoms with Crippen LogP contribution in [0.1, 0.15) is 23.6 Å². The number of benzene rings is 1. The second-order valence-electron chi connectivity index (χ2n) is 2.86. The molecular formula is C11H14FN. The van der Waals surface area contributed by atoms with E-state index in [4.69, 9.17) is 5.26 Å². The highest BCUT2D eigenvalue weighted by Crippen LogP contribution is 2.14. The van der Waals surface area contributed by atoms with Crippen molar-refractivity contribution in [1.82, 2.24) is 0 Å². The Morgan fingerprint density at radius 1 is 1.15 bits per heavy atom. The molecule has 0 aromatic heterocycles. The van der Waals surface area contributed by atoms with Crippen LogP contribution in [0.2, 0.25) is 0 Å². The molecule has 0 aliphatic carbocycles. The molecule has 13 heavy (non-hydrogen) atoms. The van der Waals surface area contributed by atoms with Gasteiger partial charge < -0.3 is 0 Å². The number of nitriles is 1. The van der Waals surface area contributed by atoms with Gasteiger partial charge in [-0.25, -0.2) is 4.39 Å². The quantitative estimate of drug-likeness (QED) is 0.599. The number of hydrogen-bond donors (Lipinski definition) is 0. The van der Waals surface area contributed by atoms with Crippen molar-refractivity contribution in [2.45, 2.75) is 27.7 Å². The summed E-state index contributed by atoms with van der Waals surface area (Å²) in [6.45, 7) is 6.93. The zero-order valence-corrected chi connectivity index (χ0v) is 8.48. The van der Waals surface area contributed by atoms with Crippen LogP contribution in [-0.2, 0) is 0 Å². The highest BCUT2D eigenvalue weighted by Gasteiger charge is 2.01. The van der Waals surface area contributed by atoms with Crippen molar-refractivity contribution in [3.63, 3.8) is 0 Å². The van der Waals surface area contributed by atoms with Crippen molar-refractivity contribution < 1.29 is 4.39 Å². The minimum Gasteiger partial charge on any atom is -0.206 e. The largest absolute Gasteiger partial charge is 0.206 e. The van der Waals surface area contributed by atoms with E-state index in [1.54, 1.807) is 26.0 Å². The number of rotatable bonds is 0. The van der Waals surface area contributed by atoms with E-state index in [0.717, 1.165) is 16.7 Å². The lowest BCUT2D eigenvalue weighted by Gasteiger charge is -2.02. The molecule has 0 saturated carbocycles. The van der Waals surface area contributed by atoms with E-state index < -0.39 is 0 Å². The van der Waals surface area contributed by atoms with E-state index in [-0.39, 0.29) is 5.82 Å². The smallest absolute Gasteiger partial charge is 0.129 e. The third-order valence-electron chi connectivity index (χ3n) is 1.85. The molecule has 1 nitrogen and oxygen atoms in total. The normalized spacial score (nSPS) is 8.31. The van der Waals surface area contributed by atoms with Crippen molar-refractivity contribution in [2.75, 3.05) is 0 Å². The molecule has 0 saturated heterocycles. The molecule has 0 spiro atoms. The Kier molecular flexibility index (Phi) is 4.76. The molecule has 0 unspecified atom stereocenters. The van der Waals surface area contributed by atoms with Crippen LogP contribution in [0.5, 0.6) is 0 Å². The third-order valence-corrected chi connectivity index (χ3v) is 1.85. The second-order valence-corrected chi connectivity index (χ2v) is 2.86. The summed E-state index contributed by atoms with van der Waals surface area (Å²) in [5.41, 5.74) is 2.51. The maximum absolute atomic E-state index is 13.0. The summed E-state index contributed by atoms with van der Waals surface area (Å²) >= 11 is 0. The molecule has 1 rings (SSSR count). The molecule has 0 heterocycles. The van der Waals surface area contributed by atoms with Crippen LogP contribution in [0.25, 0.3) is 0 Å². The zero-order valence-electron chi connectivity index (χ0n) is 8.48. The average Bonchev–Trinajstić information content (AvgIpc) is 2.10. The lowest BCUT2D eigenvalue weighted by Crippen LogP contribution is -1.89. The van der Waals surface area contributed by atoms with E-state index in [9.17, 15) is 4.39 Å². The van der Waals surface area contributed by atoms with Crippen LogP contribution < -0.4 is 0 Å². The van der Waals surface area contributed by atoms with Gasteiger partial charge in [0.05, 0.1) is 6.07 Å². The van der Waals surface area contributed by atoms with Gasteiger partial charge in [0, 0.05) is 6.92 Å². The van der Waals surface area contributed by atoms with Gasteiger partial charge in [0.1, 0.15) is 5.82 Å². The Hall–Kier alpha value is -1.36. The van der Waals surface area contributed by atoms with Gasteiger partial charge in [0.25, 0.3) is 0 Å². The monoisotopic (exact) mass is 179 g/mol. The summed E-state index contributed by atoms with van der Waals surface area (Å²) < 4.78 is 13.0. The maximum Gasteiger partial charge on any atom is 0.129 e. The summed E-state index contributed by atoms with van der Waals surface area (Å²) in [5, 5.41) is 7.32. The molecule has 1 aromatic carbocycles. The number of hydrogen-bond acceptors (Lipinski definition) is 1. The van der Waals surface area contributed by atoms with Crippen LogP contribution in [0.15, 0.2) is 12.1 Å². The van der Waals surface area contributed by atoms with E-state index in [1.807, 2.05) is 13.0 Å². The predicted octanol–water partition coefficient (Wildman–Crippen LogP) is 3.28. The van der Waals surface area contributed by atoms with E-state index in [0.29, 0.717) is 0 Å². The summed E-state index contributed by atoms with van der Waals surface area (Å²) in [6.07, 6.45) is 0. The highest BCUT2D eigenvalue weighted by molar-refractivity contribution is 5.30. The Bertz CT molecular complexity index is 297. The fourth-order valence-corrected chi connectivity index (χ4v) is 0.917. The molecule has 70 valence electrons. The fraction of sp³-hybridized carbons (Fsp3) is 0.364. The average molecular weight is 179 g/mol. The Balaban J connectivity index is 0.000000424. The van der Waals surface area contributed by atoms with Gasteiger partial charge in [-0.3, -0.25) is 0 Å². The first-order valence-corrected chi connectivity index (χ1v) is 4.07. The van der Waals surface area contributed by atoms with Gasteiger partial charge >= 0.3 is 0 Å². The lowest BCUT2D eigenvalue weighted by atomic mass is 10.1. The predicted molar refractivity (Wildman–Crippen MR) is 51.9 cm³/mol. The minimum absolute atomic E-state index is 0.0694. The highest BCUT2D eigenvalue weighted by atomic mass is 19.1. The first-order valence-electron chi connectivity index (χ1n) is 4.07. The van der Waals surface area contributed by atoms with Gasteiger partial charge in [-0.15, -0.1) is 0 Å². The molecule has 0 amide bonds. The molecular weight excluding hydrogens is 165 g/mol. The summed E-state index contributed by atoms with van der Waals surface area (Å²) in [4.78, 5) is 0. The van der Waals surface area contributed by atoms with Gasteiger partial charge in [0.15, 0.2) is 0 Å². The molecule has 0 aliphatic heterocycles. The van der Waals surface area contributed by atoms with Gasteiger partial charge in [0.2, 0.25) is 0 Å². The van der Waals surface area contributed by atoms with Gasteiger partial charge in [-0.1, -0.05) is 12.1 Å². The molecule has 1 aromatic rings. The number of halogens is 1. The first kappa shape index (κ1) is 11.6. The third kappa shape index (κ3) is 3.25. The summed E-state index contributed by atoms with van der Waals surface area (Å²) in [5.74, 6) is -0.0694. The Labute approximate surface area is 78.8 Å². The molecule has 0 bridgehead atoms. The first-order chi connectivity index (χ1) is 6.04. The standard InChI is InChI=1S/C9H11F.C2H3N/c1-6-4-5-7(2)9(10)8(6)3;1-2-3/h4-5H,1-3H3;1H3. The van der Waals surface area contributed by atoms with Crippen molar-refractivity contribution in [1.29, 1.82) is 5.26 Å². The van der Waals surface area contributed by atoms with Crippen molar-refractivity contribution >= 4 is 0 Å². The van der Waals surface area contributed by atoms with E-state index >= 15 is 0 Å². The van der Waals surface area contributed by atoms with Crippen LogP contribution in [0.4, 0.5) is 4.39 Å². The van der Waals surface area contributed by atoms with Crippen LogP contribution in [0, 0.1) is 37.9 Å². The number of aryl methyl sites for hydroxylation is 2. The van der Waals surface area contributed by atoms with Crippen molar-refractivity contribution in [3.8, 4) is 6.07 Å². The molecule has 2 heteroatoms. The summed E-state index contributed by atoms with van der Waals surface area (Å²) in [6, 6.07) is 5.49. The van der Waals surface area contributed by atoms with Crippen LogP contribution >= 0.6 is 0 Å². The lowest BCUT2D eigenvalue weighted by molar-refractivity contribution is 0.607. The second kappa shape index (κ2) is 5.31. The Morgan fingerprint density at radius 2 is 1.54 bits per heavy atom. The molecule has 0 fully saturated rings. The molecule has 0 radical (unpaired) electrons. The van der Waals surface area contributed by atoms with Crippen LogP contribution in [-0.4, -0.2) is 0 Å². The van der Waals surface area contributed by atoms with Crippen LogP contribution in [0.3, 0.4) is 0 Å².